The Kier molecular flexibility index (Phi) is 8.81. The normalized spacial score (nSPS) is 47.1. The molecule has 250 valence electrons. The van der Waals surface area contributed by atoms with Gasteiger partial charge in [-0.25, -0.2) is 0 Å². The number of carboxylic acids is 2. The van der Waals surface area contributed by atoms with E-state index in [9.17, 15) is 19.8 Å². The Bertz CT molecular complexity index is 1200. The molecule has 0 radical (unpaired) electrons. The average molecular weight is 741 g/mol. The summed E-state index contributed by atoms with van der Waals surface area (Å²) in [7, 11) is 0. The Morgan fingerprint density at radius 1 is 0.795 bits per heavy atom. The van der Waals surface area contributed by atoms with Crippen molar-refractivity contribution in [2.75, 3.05) is 0 Å². The lowest BCUT2D eigenvalue weighted by atomic mass is 9.31. The summed E-state index contributed by atoms with van der Waals surface area (Å²) in [6.07, 6.45) is 13.4. The quantitative estimate of drug-likeness (QED) is 0.192. The summed E-state index contributed by atoms with van der Waals surface area (Å²) in [5, 5.41) is 20.7. The Hall–Kier alpha value is -0.360. The Morgan fingerprint density at radius 3 is 2.00 bits per heavy atom. The van der Waals surface area contributed by atoms with Crippen LogP contribution in [0.25, 0.3) is 0 Å². The van der Waals surface area contributed by atoms with Crippen molar-refractivity contribution in [1.82, 2.24) is 0 Å². The fourth-order valence-corrected chi connectivity index (χ4v) is 15.2. The molecule has 0 aromatic rings. The topological polar surface area (TPSA) is 74.6 Å². The first-order chi connectivity index (χ1) is 20.2. The monoisotopic (exact) mass is 738 g/mol. The van der Waals surface area contributed by atoms with E-state index < -0.39 is 20.6 Å². The Labute approximate surface area is 284 Å². The zero-order valence-electron chi connectivity index (χ0n) is 28.8. The van der Waals surface area contributed by atoms with E-state index in [1.807, 2.05) is 13.8 Å². The van der Waals surface area contributed by atoms with Crippen LogP contribution >= 0.6 is 31.9 Å². The van der Waals surface area contributed by atoms with Crippen LogP contribution < -0.4 is 0 Å². The van der Waals surface area contributed by atoms with Gasteiger partial charge in [-0.15, -0.1) is 0 Å². The van der Waals surface area contributed by atoms with Crippen LogP contribution in [-0.4, -0.2) is 30.8 Å². The molecule has 4 nitrogen and oxygen atoms in total. The summed E-state index contributed by atoms with van der Waals surface area (Å²) in [4.78, 5) is 25.2. The molecule has 5 rings (SSSR count). The van der Waals surface area contributed by atoms with Crippen molar-refractivity contribution in [1.29, 1.82) is 0 Å². The number of halogens is 2. The van der Waals surface area contributed by atoms with Gasteiger partial charge in [0.05, 0.1) is 0 Å². The Balaban J connectivity index is 1.52. The van der Waals surface area contributed by atoms with Crippen LogP contribution in [0.1, 0.15) is 139 Å². The lowest BCUT2D eigenvalue weighted by molar-refractivity contribution is -0.245. The molecule has 5 aliphatic carbocycles. The molecule has 0 bridgehead atoms. The van der Waals surface area contributed by atoms with Crippen LogP contribution in [0.3, 0.4) is 0 Å². The summed E-state index contributed by atoms with van der Waals surface area (Å²) >= 11 is 7.56. The van der Waals surface area contributed by atoms with Crippen molar-refractivity contribution in [3.05, 3.63) is 12.2 Å². The molecule has 0 spiro atoms. The van der Waals surface area contributed by atoms with E-state index >= 15 is 0 Å². The molecule has 0 amide bonds. The maximum absolute atomic E-state index is 12.6. The van der Waals surface area contributed by atoms with Gasteiger partial charge in [0.15, 0.2) is 0 Å². The molecule has 5 aliphatic rings. The van der Waals surface area contributed by atoms with E-state index in [-0.39, 0.29) is 33.0 Å². The first-order valence-electron chi connectivity index (χ1n) is 17.7. The third-order valence-electron chi connectivity index (χ3n) is 16.3. The summed E-state index contributed by atoms with van der Waals surface area (Å²) in [5.74, 6) is 1.36. The Morgan fingerprint density at radius 2 is 1.45 bits per heavy atom. The van der Waals surface area contributed by atoms with Gasteiger partial charge in [0.1, 0.15) is 8.65 Å². The highest BCUT2D eigenvalue weighted by Gasteiger charge is 2.72. The van der Waals surface area contributed by atoms with E-state index in [2.05, 4.69) is 80.0 Å². The number of carboxylic acid groups (broad SMARTS) is 2. The van der Waals surface area contributed by atoms with Crippen LogP contribution in [0.5, 0.6) is 0 Å². The molecule has 0 aliphatic heterocycles. The first kappa shape index (κ1) is 35.0. The second-order valence-corrected chi connectivity index (χ2v) is 20.7. The molecule has 6 heteroatoms. The number of rotatable bonds is 8. The zero-order valence-corrected chi connectivity index (χ0v) is 32.0. The molecule has 0 aromatic carbocycles. The van der Waals surface area contributed by atoms with Gasteiger partial charge in [-0.1, -0.05) is 92.5 Å². The number of carbonyl (C=O) groups is 2. The van der Waals surface area contributed by atoms with Crippen LogP contribution in [-0.2, 0) is 9.59 Å². The smallest absolute Gasteiger partial charge is 0.320 e. The van der Waals surface area contributed by atoms with Crippen molar-refractivity contribution < 1.29 is 19.8 Å². The van der Waals surface area contributed by atoms with E-state index in [0.717, 1.165) is 38.5 Å². The zero-order chi connectivity index (χ0) is 32.9. The molecule has 3 unspecified atom stereocenters. The SMILES string of the molecule is C=C(C)[C@@H]1CC[C@]2(CC(Br)(CC)C(=O)O)CC[C@]3(C)[C@H](CC[C@@H]4[C@@]5(C)CCC(C(Br)(CC)C(=O)O)C(C)(C)[C@@H]5CC[C@]43C)[C@@H]12. The summed E-state index contributed by atoms with van der Waals surface area (Å²) in [6.45, 7) is 23.5. The molecule has 0 heterocycles. The maximum atomic E-state index is 12.6. The number of aliphatic carboxylic acids is 2. The third kappa shape index (κ3) is 4.57. The number of hydrogen-bond donors (Lipinski definition) is 2. The van der Waals surface area contributed by atoms with E-state index in [0.29, 0.717) is 42.4 Å². The second-order valence-electron chi connectivity index (χ2n) is 17.8. The third-order valence-corrected chi connectivity index (χ3v) is 18.9. The molecule has 0 saturated heterocycles. The highest BCUT2D eigenvalue weighted by molar-refractivity contribution is 9.10. The van der Waals surface area contributed by atoms with Gasteiger partial charge in [0.25, 0.3) is 0 Å². The molecular formula is C38H60Br2O4. The number of fused-ring (bicyclic) bond motifs is 7. The van der Waals surface area contributed by atoms with Crippen molar-refractivity contribution in [3.63, 3.8) is 0 Å². The standard InChI is InChI=1S/C38H60Br2O4/c1-10-37(39,30(41)42)22-36-19-14-24(23(3)4)29(36)25-12-13-28-33(7)17-15-27(38(40,11-2)31(43)44)32(5,6)26(33)16-18-35(28,9)34(25,8)20-21-36/h24-29H,3,10-22H2,1-2,4-9H3,(H,41,42)(H,43,44)/t24-,25+,26-,27?,28+,29+,33-,34+,35+,36+,37?,38?/m0/s1. The van der Waals surface area contributed by atoms with Gasteiger partial charge in [0, 0.05) is 0 Å². The van der Waals surface area contributed by atoms with Gasteiger partial charge in [-0.2, -0.15) is 0 Å². The van der Waals surface area contributed by atoms with Crippen molar-refractivity contribution in [2.45, 2.75) is 148 Å². The lowest BCUT2D eigenvalue weighted by Crippen LogP contribution is -2.67. The van der Waals surface area contributed by atoms with Gasteiger partial charge in [-0.3, -0.25) is 9.59 Å². The number of alkyl halides is 2. The van der Waals surface area contributed by atoms with Crippen molar-refractivity contribution >= 4 is 43.8 Å². The van der Waals surface area contributed by atoms with Gasteiger partial charge >= 0.3 is 11.9 Å². The molecule has 0 aromatic heterocycles. The summed E-state index contributed by atoms with van der Waals surface area (Å²) < 4.78 is -1.73. The second kappa shape index (κ2) is 11.1. The molecule has 12 atom stereocenters. The van der Waals surface area contributed by atoms with Crippen LogP contribution in [0.2, 0.25) is 0 Å². The number of hydrogen-bond acceptors (Lipinski definition) is 2. The largest absolute Gasteiger partial charge is 0.480 e. The number of allylic oxidation sites excluding steroid dienone is 1. The minimum atomic E-state index is -0.867. The predicted octanol–water partition coefficient (Wildman–Crippen LogP) is 10.9. The van der Waals surface area contributed by atoms with E-state index in [1.54, 1.807) is 0 Å². The van der Waals surface area contributed by atoms with Crippen molar-refractivity contribution in [2.24, 2.45) is 62.6 Å². The fourth-order valence-electron chi connectivity index (χ4n) is 13.9. The van der Waals surface area contributed by atoms with Gasteiger partial charge in [-0.05, 0) is 153 Å². The summed E-state index contributed by atoms with van der Waals surface area (Å²) in [5.41, 5.74) is 1.87. The molecule has 44 heavy (non-hydrogen) atoms. The van der Waals surface area contributed by atoms with Crippen LogP contribution in [0, 0.1) is 62.6 Å². The van der Waals surface area contributed by atoms with Crippen LogP contribution in [0.15, 0.2) is 12.2 Å². The molecular weight excluding hydrogens is 680 g/mol. The first-order valence-corrected chi connectivity index (χ1v) is 19.3. The van der Waals surface area contributed by atoms with Crippen LogP contribution in [0.4, 0.5) is 0 Å². The minimum Gasteiger partial charge on any atom is -0.480 e. The van der Waals surface area contributed by atoms with Gasteiger partial charge < -0.3 is 10.2 Å². The maximum Gasteiger partial charge on any atom is 0.320 e. The fraction of sp³-hybridized carbons (Fsp3) is 0.895. The molecule has 5 saturated carbocycles. The molecule has 2 N–H and O–H groups in total. The van der Waals surface area contributed by atoms with E-state index in [1.165, 1.54) is 37.7 Å². The highest BCUT2D eigenvalue weighted by Crippen LogP contribution is 2.79. The van der Waals surface area contributed by atoms with E-state index in [4.69, 9.17) is 0 Å². The van der Waals surface area contributed by atoms with Crippen molar-refractivity contribution in [3.8, 4) is 0 Å². The van der Waals surface area contributed by atoms with Gasteiger partial charge in [0.2, 0.25) is 0 Å². The predicted molar refractivity (Wildman–Crippen MR) is 186 cm³/mol. The minimum absolute atomic E-state index is 0.0479. The highest BCUT2D eigenvalue weighted by atomic mass is 79.9. The lowest BCUT2D eigenvalue weighted by Gasteiger charge is -2.73. The average Bonchev–Trinajstić information content (AvgIpc) is 3.32. The molecule has 5 fully saturated rings. The summed E-state index contributed by atoms with van der Waals surface area (Å²) in [6, 6.07) is 0.